The van der Waals surface area contributed by atoms with Gasteiger partial charge < -0.3 is 4.90 Å². The monoisotopic (exact) mass is 380 g/mol. The molecule has 0 saturated heterocycles. The fraction of sp³-hybridized carbons (Fsp3) is 0.500. The minimum Gasteiger partial charge on any atom is -0.332 e. The molecule has 5 rings (SSSR count). The molecule has 2 heterocycles. The number of hydrogen-bond acceptors (Lipinski definition) is 3. The van der Waals surface area contributed by atoms with Crippen LogP contribution in [0.1, 0.15) is 48.9 Å². The molecule has 1 atom stereocenters. The zero-order valence-corrected chi connectivity index (χ0v) is 16.0. The molecule has 3 aliphatic rings. The molecule has 6 heteroatoms. The van der Waals surface area contributed by atoms with Gasteiger partial charge in [0.05, 0.1) is 30.5 Å². The van der Waals surface area contributed by atoms with Crippen molar-refractivity contribution < 1.29 is 9.18 Å². The van der Waals surface area contributed by atoms with Crippen LogP contribution in [0.5, 0.6) is 0 Å². The summed E-state index contributed by atoms with van der Waals surface area (Å²) >= 11 is 0. The zero-order chi connectivity index (χ0) is 19.1. The number of carbonyl (C=O) groups is 1. The van der Waals surface area contributed by atoms with Crippen molar-refractivity contribution >= 4 is 23.0 Å². The number of hydrogen-bond donors (Lipinski definition) is 0. The van der Waals surface area contributed by atoms with Crippen LogP contribution >= 0.6 is 0 Å². The van der Waals surface area contributed by atoms with Crippen molar-refractivity contribution in [3.05, 3.63) is 41.1 Å². The Balaban J connectivity index is 1.45. The van der Waals surface area contributed by atoms with Crippen molar-refractivity contribution in [3.63, 3.8) is 0 Å². The highest BCUT2D eigenvalue weighted by atomic mass is 19.1. The molecule has 1 unspecified atom stereocenters. The van der Waals surface area contributed by atoms with E-state index < -0.39 is 0 Å². The number of aromatic nitrogens is 2. The van der Waals surface area contributed by atoms with Crippen molar-refractivity contribution in [3.8, 4) is 0 Å². The first-order valence-corrected chi connectivity index (χ1v) is 10.3. The summed E-state index contributed by atoms with van der Waals surface area (Å²) in [5.41, 5.74) is 4.42. The number of aryl methyl sites for hydroxylation is 1. The van der Waals surface area contributed by atoms with E-state index in [9.17, 15) is 9.18 Å². The van der Waals surface area contributed by atoms with E-state index in [0.29, 0.717) is 19.0 Å². The lowest BCUT2D eigenvalue weighted by Crippen LogP contribution is -2.43. The molecule has 2 aliphatic carbocycles. The Labute approximate surface area is 163 Å². The van der Waals surface area contributed by atoms with Crippen molar-refractivity contribution in [1.29, 1.82) is 0 Å². The second-order valence-electron chi connectivity index (χ2n) is 8.09. The third-order valence-electron chi connectivity index (χ3n) is 6.21. The molecule has 0 spiro atoms. The SMILES string of the molecule is O=C(c1cccc2c1cnn2CCCF)N(C1CC1)C1CCC2=C(C=NC2)C1. The predicted octanol–water partition coefficient (Wildman–Crippen LogP) is 3.93. The number of alkyl halides is 1. The molecule has 1 saturated carbocycles. The van der Waals surface area contributed by atoms with Gasteiger partial charge in [0.15, 0.2) is 0 Å². The number of carbonyl (C=O) groups excluding carboxylic acids is 1. The van der Waals surface area contributed by atoms with Crippen LogP contribution in [-0.4, -0.2) is 52.1 Å². The first-order valence-electron chi connectivity index (χ1n) is 10.3. The molecule has 1 amide bonds. The molecule has 1 fully saturated rings. The van der Waals surface area contributed by atoms with Gasteiger partial charge in [-0.1, -0.05) is 6.07 Å². The molecule has 1 aliphatic heterocycles. The van der Waals surface area contributed by atoms with Crippen LogP contribution in [-0.2, 0) is 6.54 Å². The summed E-state index contributed by atoms with van der Waals surface area (Å²) in [6, 6.07) is 6.39. The Bertz CT molecular complexity index is 972. The maximum Gasteiger partial charge on any atom is 0.255 e. The van der Waals surface area contributed by atoms with Crippen LogP contribution in [0, 0.1) is 0 Å². The summed E-state index contributed by atoms with van der Waals surface area (Å²) in [6.07, 6.45) is 9.38. The minimum atomic E-state index is -0.363. The average Bonchev–Trinajstić information content (AvgIpc) is 3.28. The fourth-order valence-corrected chi connectivity index (χ4v) is 4.63. The maximum atomic E-state index is 13.6. The summed E-state index contributed by atoms with van der Waals surface area (Å²) in [5, 5.41) is 5.28. The van der Waals surface area contributed by atoms with Crippen molar-refractivity contribution in [1.82, 2.24) is 14.7 Å². The van der Waals surface area contributed by atoms with Crippen molar-refractivity contribution in [2.45, 2.75) is 57.2 Å². The van der Waals surface area contributed by atoms with Gasteiger partial charge in [-0.25, -0.2) is 0 Å². The smallest absolute Gasteiger partial charge is 0.255 e. The van der Waals surface area contributed by atoms with E-state index in [0.717, 1.165) is 55.1 Å². The van der Waals surface area contributed by atoms with E-state index >= 15 is 0 Å². The van der Waals surface area contributed by atoms with Gasteiger partial charge in [0, 0.05) is 30.2 Å². The third kappa shape index (κ3) is 3.05. The molecule has 146 valence electrons. The Morgan fingerprint density at radius 3 is 2.96 bits per heavy atom. The first-order chi connectivity index (χ1) is 13.8. The minimum absolute atomic E-state index is 0.113. The molecule has 0 bridgehead atoms. The molecular weight excluding hydrogens is 355 g/mol. The number of nitrogens with zero attached hydrogens (tertiary/aromatic N) is 4. The van der Waals surface area contributed by atoms with E-state index in [4.69, 9.17) is 0 Å². The van der Waals surface area contributed by atoms with Crippen LogP contribution in [0.4, 0.5) is 4.39 Å². The van der Waals surface area contributed by atoms with E-state index in [1.54, 1.807) is 10.9 Å². The largest absolute Gasteiger partial charge is 0.332 e. The maximum absolute atomic E-state index is 13.6. The Kier molecular flexibility index (Phi) is 4.49. The number of halogens is 1. The number of benzene rings is 1. The summed E-state index contributed by atoms with van der Waals surface area (Å²) < 4.78 is 14.4. The third-order valence-corrected chi connectivity index (χ3v) is 6.21. The number of aliphatic imine (C=N–C) groups is 1. The number of fused-ring (bicyclic) bond motifs is 1. The molecule has 0 N–H and O–H groups in total. The highest BCUT2D eigenvalue weighted by molar-refractivity contribution is 6.06. The molecule has 1 aromatic carbocycles. The highest BCUT2D eigenvalue weighted by Gasteiger charge is 2.40. The summed E-state index contributed by atoms with van der Waals surface area (Å²) in [5.74, 6) is 0.113. The van der Waals surface area contributed by atoms with Crippen LogP contribution in [0.25, 0.3) is 10.9 Å². The molecule has 0 radical (unpaired) electrons. The second-order valence-corrected chi connectivity index (χ2v) is 8.09. The van der Waals surface area contributed by atoms with Gasteiger partial charge in [0.25, 0.3) is 5.91 Å². The Morgan fingerprint density at radius 1 is 1.25 bits per heavy atom. The molecule has 1 aromatic heterocycles. The normalized spacial score (nSPS) is 21.4. The lowest BCUT2D eigenvalue weighted by atomic mass is 9.88. The summed E-state index contributed by atoms with van der Waals surface area (Å²) in [6.45, 7) is 1.01. The first kappa shape index (κ1) is 17.6. The summed E-state index contributed by atoms with van der Waals surface area (Å²) in [4.78, 5) is 20.2. The van der Waals surface area contributed by atoms with Crippen LogP contribution in [0.2, 0.25) is 0 Å². The quantitative estimate of drug-likeness (QED) is 0.762. The topological polar surface area (TPSA) is 50.5 Å². The van der Waals surface area contributed by atoms with Crippen LogP contribution in [0.15, 0.2) is 40.5 Å². The molecule has 5 nitrogen and oxygen atoms in total. The molecular formula is C22H25FN4O. The van der Waals surface area contributed by atoms with Gasteiger partial charge in [-0.05, 0) is 61.8 Å². The lowest BCUT2D eigenvalue weighted by Gasteiger charge is -2.35. The van der Waals surface area contributed by atoms with Gasteiger partial charge in [0.1, 0.15) is 0 Å². The van der Waals surface area contributed by atoms with E-state index in [-0.39, 0.29) is 18.6 Å². The summed E-state index contributed by atoms with van der Waals surface area (Å²) in [7, 11) is 0. The highest BCUT2D eigenvalue weighted by Crippen LogP contribution is 2.38. The fourth-order valence-electron chi connectivity index (χ4n) is 4.63. The Hall–Kier alpha value is -2.50. The van der Waals surface area contributed by atoms with E-state index in [1.165, 1.54) is 11.1 Å². The molecule has 28 heavy (non-hydrogen) atoms. The van der Waals surface area contributed by atoms with E-state index in [2.05, 4.69) is 15.0 Å². The standard InChI is InChI=1S/C22H25FN4O/c23-9-2-10-26-21-4-1-3-19(20(21)14-25-26)22(28)27(17-7-8-17)18-6-5-15-12-24-13-16(15)11-18/h1,3-4,13-14,17-18H,2,5-12H2. The van der Waals surface area contributed by atoms with Crippen LogP contribution in [0.3, 0.4) is 0 Å². The lowest BCUT2D eigenvalue weighted by molar-refractivity contribution is 0.0647. The van der Waals surface area contributed by atoms with Gasteiger partial charge in [-0.15, -0.1) is 0 Å². The number of amides is 1. The van der Waals surface area contributed by atoms with Gasteiger partial charge in [-0.2, -0.15) is 5.10 Å². The van der Waals surface area contributed by atoms with Crippen molar-refractivity contribution in [2.75, 3.05) is 13.2 Å². The molecule has 2 aromatic rings. The van der Waals surface area contributed by atoms with Gasteiger partial charge >= 0.3 is 0 Å². The van der Waals surface area contributed by atoms with E-state index in [1.807, 2.05) is 24.4 Å². The predicted molar refractivity (Wildman–Crippen MR) is 108 cm³/mol. The van der Waals surface area contributed by atoms with Crippen molar-refractivity contribution in [2.24, 2.45) is 4.99 Å². The van der Waals surface area contributed by atoms with Crippen LogP contribution < -0.4 is 0 Å². The zero-order valence-electron chi connectivity index (χ0n) is 16.0. The average molecular weight is 380 g/mol. The van der Waals surface area contributed by atoms with Gasteiger partial charge in [-0.3, -0.25) is 18.9 Å². The second kappa shape index (κ2) is 7.15. The number of rotatable bonds is 6. The Morgan fingerprint density at radius 2 is 2.14 bits per heavy atom. The van der Waals surface area contributed by atoms with Gasteiger partial charge in [0.2, 0.25) is 0 Å².